The van der Waals surface area contributed by atoms with E-state index in [1.165, 1.54) is 24.8 Å². The summed E-state index contributed by atoms with van der Waals surface area (Å²) >= 11 is 0. The van der Waals surface area contributed by atoms with Crippen molar-refractivity contribution in [1.82, 2.24) is 9.71 Å². The molecule has 0 amide bonds. The molecule has 3 rings (SSSR count). The van der Waals surface area contributed by atoms with Crippen LogP contribution in [0.15, 0.2) is 23.2 Å². The first-order valence-corrected chi connectivity index (χ1v) is 8.89. The number of pyridine rings is 1. The Morgan fingerprint density at radius 2 is 2.05 bits per heavy atom. The summed E-state index contributed by atoms with van der Waals surface area (Å²) in [6.07, 6.45) is 4.52. The van der Waals surface area contributed by atoms with Crippen LogP contribution in [0.3, 0.4) is 0 Å². The van der Waals surface area contributed by atoms with E-state index in [1.54, 1.807) is 0 Å². The van der Waals surface area contributed by atoms with Crippen molar-refractivity contribution in [2.75, 3.05) is 5.73 Å². The molecule has 5 nitrogen and oxygen atoms in total. The van der Waals surface area contributed by atoms with Crippen LogP contribution in [-0.2, 0) is 10.0 Å². The summed E-state index contributed by atoms with van der Waals surface area (Å²) in [5.74, 6) is 0.918. The molecule has 3 atom stereocenters. The lowest BCUT2D eigenvalue weighted by atomic mass is 9.69. The number of nitrogens with one attached hydrogen (secondary N) is 1. The zero-order valence-corrected chi connectivity index (χ0v) is 13.6. The number of hydrogen-bond acceptors (Lipinski definition) is 4. The van der Waals surface area contributed by atoms with Crippen LogP contribution in [0, 0.1) is 16.7 Å². The van der Waals surface area contributed by atoms with Crippen LogP contribution in [-0.4, -0.2) is 19.4 Å². The minimum absolute atomic E-state index is 0.00574. The van der Waals surface area contributed by atoms with Gasteiger partial charge in [-0.15, -0.1) is 0 Å². The molecule has 1 heterocycles. The highest BCUT2D eigenvalue weighted by atomic mass is 32.2. The van der Waals surface area contributed by atoms with Gasteiger partial charge in [0.1, 0.15) is 10.7 Å². The van der Waals surface area contributed by atoms with E-state index in [0.29, 0.717) is 11.7 Å². The summed E-state index contributed by atoms with van der Waals surface area (Å²) in [5, 5.41) is 0. The molecule has 21 heavy (non-hydrogen) atoms. The van der Waals surface area contributed by atoms with Crippen LogP contribution in [0.5, 0.6) is 0 Å². The summed E-state index contributed by atoms with van der Waals surface area (Å²) in [6, 6.07) is 3.01. The zero-order chi connectivity index (χ0) is 15.5. The van der Waals surface area contributed by atoms with Gasteiger partial charge in [-0.3, -0.25) is 0 Å². The van der Waals surface area contributed by atoms with Gasteiger partial charge in [0, 0.05) is 12.2 Å². The standard InChI is InChI=1S/C15H23N3O2S/c1-14(2)10-6-7-15(14,3)12(8-10)18-21(19,20)11-4-5-13(16)17-9-11/h4-5,9-10,12,18H,6-8H2,1-3H3,(H2,16,17). The fourth-order valence-electron chi connectivity index (χ4n) is 4.19. The highest BCUT2D eigenvalue weighted by Crippen LogP contribution is 2.65. The van der Waals surface area contributed by atoms with Crippen molar-refractivity contribution in [1.29, 1.82) is 0 Å². The lowest BCUT2D eigenvalue weighted by Gasteiger charge is -2.39. The van der Waals surface area contributed by atoms with Crippen molar-refractivity contribution < 1.29 is 8.42 Å². The number of sulfonamides is 1. The van der Waals surface area contributed by atoms with E-state index in [-0.39, 0.29) is 21.8 Å². The maximum Gasteiger partial charge on any atom is 0.242 e. The third-order valence-corrected chi connectivity index (χ3v) is 7.62. The Kier molecular flexibility index (Phi) is 3.12. The van der Waals surface area contributed by atoms with E-state index in [4.69, 9.17) is 5.73 Å². The molecule has 116 valence electrons. The molecule has 0 saturated heterocycles. The zero-order valence-electron chi connectivity index (χ0n) is 12.8. The van der Waals surface area contributed by atoms with Gasteiger partial charge in [0.05, 0.1) is 0 Å². The van der Waals surface area contributed by atoms with Crippen LogP contribution in [0.1, 0.15) is 40.0 Å². The minimum Gasteiger partial charge on any atom is -0.384 e. The lowest BCUT2D eigenvalue weighted by molar-refractivity contribution is 0.130. The number of aromatic nitrogens is 1. The Labute approximate surface area is 126 Å². The molecular formula is C15H23N3O2S. The topological polar surface area (TPSA) is 85.1 Å². The van der Waals surface area contributed by atoms with E-state index in [0.717, 1.165) is 12.8 Å². The predicted molar refractivity (Wildman–Crippen MR) is 82.0 cm³/mol. The van der Waals surface area contributed by atoms with Gasteiger partial charge < -0.3 is 5.73 Å². The Balaban J connectivity index is 1.86. The fraction of sp³-hybridized carbons (Fsp3) is 0.667. The number of nitrogens with two attached hydrogens (primary N) is 1. The molecule has 2 fully saturated rings. The first kappa shape index (κ1) is 14.8. The molecular weight excluding hydrogens is 286 g/mol. The van der Waals surface area contributed by atoms with Crippen molar-refractivity contribution in [3.63, 3.8) is 0 Å². The van der Waals surface area contributed by atoms with Crippen molar-refractivity contribution in [2.24, 2.45) is 16.7 Å². The monoisotopic (exact) mass is 309 g/mol. The maximum absolute atomic E-state index is 12.5. The molecule has 0 aliphatic heterocycles. The molecule has 0 aromatic carbocycles. The number of fused-ring (bicyclic) bond motifs is 2. The number of hydrogen-bond donors (Lipinski definition) is 2. The van der Waals surface area contributed by atoms with Crippen molar-refractivity contribution in [3.8, 4) is 0 Å². The number of nitrogen functional groups attached to an aromatic ring is 1. The van der Waals surface area contributed by atoms with Gasteiger partial charge in [0.25, 0.3) is 0 Å². The van der Waals surface area contributed by atoms with Crippen LogP contribution >= 0.6 is 0 Å². The predicted octanol–water partition coefficient (Wildman–Crippen LogP) is 2.16. The van der Waals surface area contributed by atoms with Crippen LogP contribution in [0.25, 0.3) is 0 Å². The molecule has 0 spiro atoms. The third-order valence-electron chi connectivity index (χ3n) is 6.16. The van der Waals surface area contributed by atoms with Gasteiger partial charge >= 0.3 is 0 Å². The van der Waals surface area contributed by atoms with Crippen molar-refractivity contribution >= 4 is 15.8 Å². The van der Waals surface area contributed by atoms with E-state index in [1.807, 2.05) is 0 Å². The van der Waals surface area contributed by atoms with E-state index in [9.17, 15) is 8.42 Å². The Morgan fingerprint density at radius 3 is 2.52 bits per heavy atom. The van der Waals surface area contributed by atoms with Crippen LogP contribution in [0.2, 0.25) is 0 Å². The van der Waals surface area contributed by atoms with Crippen LogP contribution in [0.4, 0.5) is 5.82 Å². The maximum atomic E-state index is 12.5. The summed E-state index contributed by atoms with van der Waals surface area (Å²) < 4.78 is 28.0. The van der Waals surface area contributed by atoms with Gasteiger partial charge in [-0.2, -0.15) is 0 Å². The highest BCUT2D eigenvalue weighted by molar-refractivity contribution is 7.89. The lowest BCUT2D eigenvalue weighted by Crippen LogP contribution is -2.46. The van der Waals surface area contributed by atoms with Gasteiger partial charge in [-0.05, 0) is 48.1 Å². The van der Waals surface area contributed by atoms with Gasteiger partial charge in [0.2, 0.25) is 10.0 Å². The molecule has 0 radical (unpaired) electrons. The van der Waals surface area contributed by atoms with Crippen molar-refractivity contribution in [3.05, 3.63) is 18.3 Å². The molecule has 2 aliphatic rings. The number of rotatable bonds is 3. The molecule has 2 bridgehead atoms. The molecule has 3 N–H and O–H groups in total. The normalized spacial score (nSPS) is 34.2. The molecule has 1 aromatic rings. The van der Waals surface area contributed by atoms with E-state index in [2.05, 4.69) is 30.5 Å². The SMILES string of the molecule is CC1(C)C2CCC1(C)C(NS(=O)(=O)c1ccc(N)nc1)C2. The molecule has 6 heteroatoms. The summed E-state index contributed by atoms with van der Waals surface area (Å²) in [4.78, 5) is 4.05. The summed E-state index contributed by atoms with van der Waals surface area (Å²) in [7, 11) is -3.54. The van der Waals surface area contributed by atoms with Crippen molar-refractivity contribution in [2.45, 2.75) is 51.0 Å². The molecule has 2 saturated carbocycles. The second kappa shape index (κ2) is 4.43. The third kappa shape index (κ3) is 2.07. The molecule has 1 aromatic heterocycles. The Hall–Kier alpha value is -1.14. The smallest absolute Gasteiger partial charge is 0.242 e. The fourth-order valence-corrected chi connectivity index (χ4v) is 5.49. The number of nitrogens with zero attached hydrogens (tertiary/aromatic N) is 1. The summed E-state index contributed by atoms with van der Waals surface area (Å²) in [6.45, 7) is 6.75. The molecule has 2 aliphatic carbocycles. The van der Waals surface area contributed by atoms with Gasteiger partial charge in [-0.1, -0.05) is 20.8 Å². The van der Waals surface area contributed by atoms with E-state index < -0.39 is 10.0 Å². The first-order valence-electron chi connectivity index (χ1n) is 7.41. The number of anilines is 1. The summed E-state index contributed by atoms with van der Waals surface area (Å²) in [5.41, 5.74) is 5.71. The Bertz CT molecular complexity index is 654. The first-order chi connectivity index (χ1) is 9.67. The van der Waals surface area contributed by atoms with Crippen LogP contribution < -0.4 is 10.5 Å². The highest BCUT2D eigenvalue weighted by Gasteiger charge is 2.61. The quantitative estimate of drug-likeness (QED) is 0.896. The minimum atomic E-state index is -3.54. The average molecular weight is 309 g/mol. The van der Waals surface area contributed by atoms with Gasteiger partial charge in [0.15, 0.2) is 0 Å². The molecule has 3 unspecified atom stereocenters. The van der Waals surface area contributed by atoms with Gasteiger partial charge in [-0.25, -0.2) is 18.1 Å². The van der Waals surface area contributed by atoms with E-state index >= 15 is 0 Å². The average Bonchev–Trinajstić information content (AvgIpc) is 2.72. The Morgan fingerprint density at radius 1 is 1.33 bits per heavy atom. The second-order valence-corrected chi connectivity index (χ2v) is 8.92. The largest absolute Gasteiger partial charge is 0.384 e. The second-order valence-electron chi connectivity index (χ2n) is 7.20.